The van der Waals surface area contributed by atoms with Crippen molar-refractivity contribution in [1.29, 1.82) is 0 Å². The molecule has 0 bridgehead atoms. The van der Waals surface area contributed by atoms with Gasteiger partial charge in [-0.15, -0.1) is 0 Å². The van der Waals surface area contributed by atoms with Crippen molar-refractivity contribution in [3.8, 4) is 0 Å². The van der Waals surface area contributed by atoms with Crippen molar-refractivity contribution >= 4 is 33.2 Å². The highest BCUT2D eigenvalue weighted by Crippen LogP contribution is 2.24. The minimum absolute atomic E-state index is 0.105. The van der Waals surface area contributed by atoms with E-state index in [-0.39, 0.29) is 12.5 Å². The van der Waals surface area contributed by atoms with E-state index in [1.165, 1.54) is 17.0 Å². The molecular formula is C23H31ClN2O3S. The molecule has 5 nitrogen and oxygen atoms in total. The molecule has 2 aromatic rings. The van der Waals surface area contributed by atoms with Gasteiger partial charge in [-0.05, 0) is 48.2 Å². The highest BCUT2D eigenvalue weighted by molar-refractivity contribution is 7.92. The number of unbranched alkanes of at least 4 members (excludes halogenated alkanes) is 1. The number of nitrogens with zero attached hydrogens (tertiary/aromatic N) is 1. The Morgan fingerprint density at radius 3 is 2.40 bits per heavy atom. The van der Waals surface area contributed by atoms with Crippen molar-refractivity contribution in [3.05, 3.63) is 64.7 Å². The molecule has 1 amide bonds. The molecule has 0 saturated carbocycles. The number of carbonyl (C=O) groups excluding carboxylic acids is 1. The lowest BCUT2D eigenvalue weighted by Crippen LogP contribution is -2.30. The lowest BCUT2D eigenvalue weighted by molar-refractivity contribution is 0.0946. The molecule has 0 aliphatic heterocycles. The first kappa shape index (κ1) is 24.2. The quantitative estimate of drug-likeness (QED) is 0.508. The van der Waals surface area contributed by atoms with Gasteiger partial charge in [0, 0.05) is 17.1 Å². The monoisotopic (exact) mass is 450 g/mol. The van der Waals surface area contributed by atoms with E-state index in [9.17, 15) is 13.2 Å². The molecule has 2 rings (SSSR count). The van der Waals surface area contributed by atoms with Gasteiger partial charge in [-0.3, -0.25) is 9.10 Å². The summed E-state index contributed by atoms with van der Waals surface area (Å²) in [6.07, 6.45) is 5.66. The predicted octanol–water partition coefficient (Wildman–Crippen LogP) is 5.25. The van der Waals surface area contributed by atoms with Gasteiger partial charge in [0.05, 0.1) is 18.5 Å². The molecule has 0 unspecified atom stereocenters. The molecule has 1 N–H and O–H groups in total. The van der Waals surface area contributed by atoms with Gasteiger partial charge in [-0.2, -0.15) is 0 Å². The Balaban J connectivity index is 2.06. The zero-order valence-electron chi connectivity index (χ0n) is 17.9. The normalized spacial score (nSPS) is 12.4. The van der Waals surface area contributed by atoms with Gasteiger partial charge in [-0.25, -0.2) is 8.42 Å². The third-order valence-corrected chi connectivity index (χ3v) is 6.51. The molecule has 7 heteroatoms. The van der Waals surface area contributed by atoms with E-state index in [0.717, 1.165) is 24.8 Å². The van der Waals surface area contributed by atoms with Crippen molar-refractivity contribution in [2.75, 3.05) is 17.1 Å². The van der Waals surface area contributed by atoms with E-state index < -0.39 is 10.0 Å². The second kappa shape index (κ2) is 11.4. The van der Waals surface area contributed by atoms with Gasteiger partial charge in [-0.1, -0.05) is 62.9 Å². The molecule has 0 aliphatic rings. The van der Waals surface area contributed by atoms with Crippen LogP contribution in [0.1, 0.15) is 55.5 Å². The summed E-state index contributed by atoms with van der Waals surface area (Å²) in [5.74, 6) is 0.389. The molecule has 0 radical (unpaired) electrons. The van der Waals surface area contributed by atoms with Crippen molar-refractivity contribution < 1.29 is 13.2 Å². The lowest BCUT2D eigenvalue weighted by Gasteiger charge is -2.23. The summed E-state index contributed by atoms with van der Waals surface area (Å²) < 4.78 is 25.9. The topological polar surface area (TPSA) is 66.5 Å². The minimum Gasteiger partial charge on any atom is -0.352 e. The van der Waals surface area contributed by atoms with Crippen LogP contribution in [0, 0.1) is 5.92 Å². The van der Waals surface area contributed by atoms with E-state index in [1.54, 1.807) is 48.5 Å². The third-order valence-electron chi connectivity index (χ3n) is 5.13. The standard InChI is InChI=1S/C23H31ClN2O3S/c1-4-6-8-18(5-2)16-25-23(27)20-13-11-19(12-14-20)17-26(30(3,28)29)22-10-7-9-21(24)15-22/h7,9-15,18H,4-6,8,16-17H2,1-3H3,(H,25,27)/t18-/m0/s1. The van der Waals surface area contributed by atoms with E-state index >= 15 is 0 Å². The summed E-state index contributed by atoms with van der Waals surface area (Å²) in [5, 5.41) is 3.49. The Labute approximate surface area is 185 Å². The first-order chi connectivity index (χ1) is 14.2. The SMILES string of the molecule is CCCC[C@H](CC)CNC(=O)c1ccc(CN(c2cccc(Cl)c2)S(C)(=O)=O)cc1. The van der Waals surface area contributed by atoms with Gasteiger partial charge in [0.2, 0.25) is 10.0 Å². The van der Waals surface area contributed by atoms with Crippen molar-refractivity contribution in [2.45, 2.75) is 46.1 Å². The molecule has 164 valence electrons. The molecule has 0 saturated heterocycles. The number of amides is 1. The molecule has 0 aromatic heterocycles. The number of rotatable bonds is 11. The highest BCUT2D eigenvalue weighted by atomic mass is 35.5. The number of nitrogens with one attached hydrogen (secondary N) is 1. The van der Waals surface area contributed by atoms with E-state index in [0.29, 0.717) is 28.7 Å². The fourth-order valence-electron chi connectivity index (χ4n) is 3.24. The van der Waals surface area contributed by atoms with Crippen molar-refractivity contribution in [1.82, 2.24) is 5.32 Å². The Hall–Kier alpha value is -2.05. The van der Waals surface area contributed by atoms with Crippen LogP contribution in [0.3, 0.4) is 0 Å². The van der Waals surface area contributed by atoms with Gasteiger partial charge < -0.3 is 5.32 Å². The smallest absolute Gasteiger partial charge is 0.251 e. The Kier molecular flexibility index (Phi) is 9.18. The van der Waals surface area contributed by atoms with Crippen LogP contribution in [-0.4, -0.2) is 27.1 Å². The maximum atomic E-state index is 12.5. The number of carbonyl (C=O) groups is 1. The number of sulfonamides is 1. The maximum absolute atomic E-state index is 12.5. The molecule has 0 spiro atoms. The number of anilines is 1. The Morgan fingerprint density at radius 1 is 1.13 bits per heavy atom. The highest BCUT2D eigenvalue weighted by Gasteiger charge is 2.18. The zero-order valence-corrected chi connectivity index (χ0v) is 19.5. The second-order valence-electron chi connectivity index (χ2n) is 7.57. The van der Waals surface area contributed by atoms with Gasteiger partial charge in [0.1, 0.15) is 0 Å². The average Bonchev–Trinajstić information content (AvgIpc) is 2.71. The van der Waals surface area contributed by atoms with Crippen LogP contribution in [0.2, 0.25) is 5.02 Å². The molecule has 2 aromatic carbocycles. The minimum atomic E-state index is -3.49. The van der Waals surface area contributed by atoms with E-state index in [1.807, 2.05) is 0 Å². The van der Waals surface area contributed by atoms with Crippen LogP contribution >= 0.6 is 11.6 Å². The summed E-state index contributed by atoms with van der Waals surface area (Å²) in [6.45, 7) is 5.16. The second-order valence-corrected chi connectivity index (χ2v) is 9.92. The van der Waals surface area contributed by atoms with Crippen molar-refractivity contribution in [3.63, 3.8) is 0 Å². The molecule has 0 aliphatic carbocycles. The molecule has 0 fully saturated rings. The summed E-state index contributed by atoms with van der Waals surface area (Å²) in [7, 11) is -3.49. The van der Waals surface area contributed by atoms with Crippen molar-refractivity contribution in [2.24, 2.45) is 5.92 Å². The lowest BCUT2D eigenvalue weighted by atomic mass is 9.99. The van der Waals surface area contributed by atoms with Crippen LogP contribution in [0.4, 0.5) is 5.69 Å². The molecule has 1 atom stereocenters. The third kappa shape index (κ3) is 7.33. The predicted molar refractivity (Wildman–Crippen MR) is 125 cm³/mol. The Morgan fingerprint density at radius 2 is 1.83 bits per heavy atom. The van der Waals surface area contributed by atoms with Crippen LogP contribution in [0.5, 0.6) is 0 Å². The van der Waals surface area contributed by atoms with E-state index in [4.69, 9.17) is 11.6 Å². The van der Waals surface area contributed by atoms with Gasteiger partial charge in [0.15, 0.2) is 0 Å². The van der Waals surface area contributed by atoms with Gasteiger partial charge in [0.25, 0.3) is 5.91 Å². The fraction of sp³-hybridized carbons (Fsp3) is 0.435. The number of hydrogen-bond donors (Lipinski definition) is 1. The van der Waals surface area contributed by atoms with E-state index in [2.05, 4.69) is 19.2 Å². The Bertz CT molecular complexity index is 930. The van der Waals surface area contributed by atoms with Crippen LogP contribution in [0.25, 0.3) is 0 Å². The molecular weight excluding hydrogens is 420 g/mol. The average molecular weight is 451 g/mol. The largest absolute Gasteiger partial charge is 0.352 e. The summed E-state index contributed by atoms with van der Waals surface area (Å²) in [4.78, 5) is 12.5. The fourth-order valence-corrected chi connectivity index (χ4v) is 4.31. The maximum Gasteiger partial charge on any atom is 0.251 e. The van der Waals surface area contributed by atoms with Gasteiger partial charge >= 0.3 is 0 Å². The van der Waals surface area contributed by atoms with Crippen LogP contribution < -0.4 is 9.62 Å². The molecule has 0 heterocycles. The number of benzene rings is 2. The van der Waals surface area contributed by atoms with Crippen LogP contribution in [-0.2, 0) is 16.6 Å². The summed E-state index contributed by atoms with van der Waals surface area (Å²) in [5.41, 5.74) is 1.86. The molecule has 30 heavy (non-hydrogen) atoms. The first-order valence-electron chi connectivity index (χ1n) is 10.3. The number of hydrogen-bond acceptors (Lipinski definition) is 3. The zero-order chi connectivity index (χ0) is 22.1. The first-order valence-corrected chi connectivity index (χ1v) is 12.6. The summed E-state index contributed by atoms with van der Waals surface area (Å²) in [6, 6.07) is 13.8. The summed E-state index contributed by atoms with van der Waals surface area (Å²) >= 11 is 6.02. The number of halogens is 1. The van der Waals surface area contributed by atoms with Crippen LogP contribution in [0.15, 0.2) is 48.5 Å².